The third-order valence-corrected chi connectivity index (χ3v) is 3.69. The van der Waals surface area contributed by atoms with Crippen LogP contribution in [0.4, 0.5) is 5.69 Å². The summed E-state index contributed by atoms with van der Waals surface area (Å²) in [7, 11) is 1.58. The van der Waals surface area contributed by atoms with Crippen LogP contribution < -0.4 is 5.32 Å². The highest BCUT2D eigenvalue weighted by Crippen LogP contribution is 2.23. The van der Waals surface area contributed by atoms with Gasteiger partial charge in [0.15, 0.2) is 0 Å². The Kier molecular flexibility index (Phi) is 8.83. The summed E-state index contributed by atoms with van der Waals surface area (Å²) in [5.41, 5.74) is 1.79. The molecule has 0 unspecified atom stereocenters. The maximum Gasteiger partial charge on any atom is 0.320 e. The first-order valence-electron chi connectivity index (χ1n) is 7.39. The van der Waals surface area contributed by atoms with E-state index in [1.807, 2.05) is 25.1 Å². The molecule has 0 saturated heterocycles. The van der Waals surface area contributed by atoms with E-state index in [2.05, 4.69) is 21.2 Å². The summed E-state index contributed by atoms with van der Waals surface area (Å²) in [6.45, 7) is 5.08. The maximum atomic E-state index is 12.2. The van der Waals surface area contributed by atoms with Gasteiger partial charge >= 0.3 is 5.97 Å². The lowest BCUT2D eigenvalue weighted by atomic mass is 10.2. The summed E-state index contributed by atoms with van der Waals surface area (Å²) in [6, 6.07) is 5.68. The molecule has 0 aromatic heterocycles. The Morgan fingerprint density at radius 2 is 2.04 bits per heavy atom. The zero-order valence-electron chi connectivity index (χ0n) is 13.7. The van der Waals surface area contributed by atoms with Crippen molar-refractivity contribution in [1.82, 2.24) is 4.90 Å². The van der Waals surface area contributed by atoms with E-state index in [1.165, 1.54) is 0 Å². The van der Waals surface area contributed by atoms with Gasteiger partial charge in [0.25, 0.3) is 0 Å². The standard InChI is InChI=1S/C16H23BrN2O4/c1-4-23-16(21)11-19(7-8-22-3)10-15(20)18-14-6-5-12(2)9-13(14)17/h5-6,9H,4,7-8,10-11H2,1-3H3,(H,18,20). The van der Waals surface area contributed by atoms with E-state index in [4.69, 9.17) is 9.47 Å². The lowest BCUT2D eigenvalue weighted by Gasteiger charge is -2.20. The number of hydrogen-bond donors (Lipinski definition) is 1. The van der Waals surface area contributed by atoms with Crippen molar-refractivity contribution in [3.8, 4) is 0 Å². The van der Waals surface area contributed by atoms with E-state index >= 15 is 0 Å². The molecule has 0 fully saturated rings. The fraction of sp³-hybridized carbons (Fsp3) is 0.500. The molecule has 0 aliphatic heterocycles. The number of benzene rings is 1. The van der Waals surface area contributed by atoms with Gasteiger partial charge in [-0.2, -0.15) is 0 Å². The van der Waals surface area contributed by atoms with E-state index in [0.717, 1.165) is 10.0 Å². The number of nitrogens with one attached hydrogen (secondary N) is 1. The molecule has 23 heavy (non-hydrogen) atoms. The second-order valence-corrected chi connectivity index (χ2v) is 5.89. The number of methoxy groups -OCH3 is 1. The van der Waals surface area contributed by atoms with Crippen LogP contribution in [0.1, 0.15) is 12.5 Å². The second kappa shape index (κ2) is 10.4. The van der Waals surface area contributed by atoms with Crippen LogP contribution in [0.3, 0.4) is 0 Å². The minimum absolute atomic E-state index is 0.0552. The predicted octanol–water partition coefficient (Wildman–Crippen LogP) is 2.21. The number of hydrogen-bond acceptors (Lipinski definition) is 5. The zero-order valence-corrected chi connectivity index (χ0v) is 15.3. The SMILES string of the molecule is CCOC(=O)CN(CCOC)CC(=O)Nc1ccc(C)cc1Br. The number of amides is 1. The summed E-state index contributed by atoms with van der Waals surface area (Å²) in [6.07, 6.45) is 0. The van der Waals surface area contributed by atoms with Crippen molar-refractivity contribution in [1.29, 1.82) is 0 Å². The van der Waals surface area contributed by atoms with Crippen molar-refractivity contribution < 1.29 is 19.1 Å². The molecule has 1 N–H and O–H groups in total. The summed E-state index contributed by atoms with van der Waals surface area (Å²) >= 11 is 3.42. The first-order chi connectivity index (χ1) is 11.0. The van der Waals surface area contributed by atoms with E-state index in [9.17, 15) is 9.59 Å². The average Bonchev–Trinajstić information content (AvgIpc) is 2.48. The smallest absolute Gasteiger partial charge is 0.320 e. The maximum absolute atomic E-state index is 12.2. The average molecular weight is 387 g/mol. The molecule has 128 valence electrons. The molecule has 0 heterocycles. The van der Waals surface area contributed by atoms with Gasteiger partial charge in [0, 0.05) is 18.1 Å². The Bertz CT molecular complexity index is 537. The summed E-state index contributed by atoms with van der Waals surface area (Å²) in [5, 5.41) is 2.83. The van der Waals surface area contributed by atoms with Crippen molar-refractivity contribution in [3.05, 3.63) is 28.2 Å². The normalized spacial score (nSPS) is 10.7. The van der Waals surface area contributed by atoms with Crippen LogP contribution in [0.25, 0.3) is 0 Å². The Balaban J connectivity index is 2.62. The molecule has 0 radical (unpaired) electrons. The van der Waals surface area contributed by atoms with Crippen molar-refractivity contribution in [2.45, 2.75) is 13.8 Å². The highest BCUT2D eigenvalue weighted by Gasteiger charge is 2.16. The molecule has 6 nitrogen and oxygen atoms in total. The number of anilines is 1. The molecular weight excluding hydrogens is 364 g/mol. The highest BCUT2D eigenvalue weighted by molar-refractivity contribution is 9.10. The topological polar surface area (TPSA) is 67.9 Å². The monoisotopic (exact) mass is 386 g/mol. The number of ether oxygens (including phenoxy) is 2. The molecule has 1 aromatic rings. The van der Waals surface area contributed by atoms with Crippen LogP contribution in [0.2, 0.25) is 0 Å². The van der Waals surface area contributed by atoms with Gasteiger partial charge in [0.05, 0.1) is 32.0 Å². The lowest BCUT2D eigenvalue weighted by Crippen LogP contribution is -2.39. The molecule has 1 rings (SSSR count). The Morgan fingerprint density at radius 3 is 2.65 bits per heavy atom. The van der Waals surface area contributed by atoms with E-state index < -0.39 is 0 Å². The van der Waals surface area contributed by atoms with Crippen molar-refractivity contribution in [2.75, 3.05) is 45.3 Å². The van der Waals surface area contributed by atoms with Crippen LogP contribution in [0.15, 0.2) is 22.7 Å². The summed E-state index contributed by atoms with van der Waals surface area (Å²) in [4.78, 5) is 25.5. The van der Waals surface area contributed by atoms with E-state index in [1.54, 1.807) is 18.9 Å². The third kappa shape index (κ3) is 7.58. The molecule has 0 atom stereocenters. The first kappa shape index (κ1) is 19.6. The van der Waals surface area contributed by atoms with Crippen molar-refractivity contribution >= 4 is 33.5 Å². The van der Waals surface area contributed by atoms with Crippen LogP contribution in [0, 0.1) is 6.92 Å². The third-order valence-electron chi connectivity index (χ3n) is 3.04. The van der Waals surface area contributed by atoms with Crippen LogP contribution in [-0.4, -0.2) is 56.7 Å². The van der Waals surface area contributed by atoms with Crippen LogP contribution >= 0.6 is 15.9 Å². The zero-order chi connectivity index (χ0) is 17.2. The molecule has 7 heteroatoms. The van der Waals surface area contributed by atoms with Gasteiger partial charge in [-0.05, 0) is 47.5 Å². The second-order valence-electron chi connectivity index (χ2n) is 5.04. The van der Waals surface area contributed by atoms with Gasteiger partial charge in [0.1, 0.15) is 0 Å². The number of rotatable bonds is 9. The Morgan fingerprint density at radius 1 is 1.30 bits per heavy atom. The van der Waals surface area contributed by atoms with Crippen molar-refractivity contribution in [2.24, 2.45) is 0 Å². The molecule has 0 bridgehead atoms. The van der Waals surface area contributed by atoms with Gasteiger partial charge in [-0.3, -0.25) is 14.5 Å². The molecule has 1 amide bonds. The summed E-state index contributed by atoms with van der Waals surface area (Å²) in [5.74, 6) is -0.553. The fourth-order valence-corrected chi connectivity index (χ4v) is 2.53. The predicted molar refractivity (Wildman–Crippen MR) is 92.5 cm³/mol. The molecule has 0 aliphatic carbocycles. The molecule has 1 aromatic carbocycles. The van der Waals surface area contributed by atoms with Gasteiger partial charge < -0.3 is 14.8 Å². The number of esters is 1. The number of aryl methyl sites for hydroxylation is 1. The molecule has 0 saturated carbocycles. The minimum atomic E-state index is -0.354. The fourth-order valence-electron chi connectivity index (χ4n) is 1.94. The highest BCUT2D eigenvalue weighted by atomic mass is 79.9. The van der Waals surface area contributed by atoms with Gasteiger partial charge in [-0.1, -0.05) is 6.07 Å². The molecular formula is C16H23BrN2O4. The largest absolute Gasteiger partial charge is 0.465 e. The number of carbonyl (C=O) groups is 2. The lowest BCUT2D eigenvalue weighted by molar-refractivity contribution is -0.144. The number of halogens is 1. The quantitative estimate of drug-likeness (QED) is 0.658. The van der Waals surface area contributed by atoms with Crippen LogP contribution in [-0.2, 0) is 19.1 Å². The Labute approximate surface area is 145 Å². The van der Waals surface area contributed by atoms with Gasteiger partial charge in [-0.25, -0.2) is 0 Å². The Hall–Kier alpha value is -1.44. The van der Waals surface area contributed by atoms with E-state index in [0.29, 0.717) is 25.4 Å². The summed E-state index contributed by atoms with van der Waals surface area (Å²) < 4.78 is 10.8. The molecule has 0 aliphatic rings. The van der Waals surface area contributed by atoms with Gasteiger partial charge in [-0.15, -0.1) is 0 Å². The van der Waals surface area contributed by atoms with Crippen molar-refractivity contribution in [3.63, 3.8) is 0 Å². The molecule has 0 spiro atoms. The van der Waals surface area contributed by atoms with E-state index in [-0.39, 0.29) is 25.0 Å². The van der Waals surface area contributed by atoms with Crippen LogP contribution in [0.5, 0.6) is 0 Å². The number of carbonyl (C=O) groups excluding carboxylic acids is 2. The van der Waals surface area contributed by atoms with Gasteiger partial charge in [0.2, 0.25) is 5.91 Å². The minimum Gasteiger partial charge on any atom is -0.465 e. The number of nitrogens with zero attached hydrogens (tertiary/aromatic N) is 1. The first-order valence-corrected chi connectivity index (χ1v) is 8.18.